The predicted molar refractivity (Wildman–Crippen MR) is 101 cm³/mol. The number of thiophene rings is 1. The third-order valence-corrected chi connectivity index (χ3v) is 6.44. The summed E-state index contributed by atoms with van der Waals surface area (Å²) >= 11 is 0.986. The lowest BCUT2D eigenvalue weighted by atomic mass is 10.2. The number of aromatic nitrogens is 5. The molecule has 0 amide bonds. The monoisotopic (exact) mass is 434 g/mol. The molecule has 0 radical (unpaired) electrons. The highest BCUT2D eigenvalue weighted by molar-refractivity contribution is 7.89. The highest BCUT2D eigenvalue weighted by Crippen LogP contribution is 2.24. The SMILES string of the molecule is COC(=O)c1sccc1S(=O)(=O)NCc1nnc2c(-c3nc(C)no3)cccn12. The minimum atomic E-state index is -3.97. The van der Waals surface area contributed by atoms with Gasteiger partial charge >= 0.3 is 5.97 Å². The van der Waals surface area contributed by atoms with E-state index < -0.39 is 16.0 Å². The van der Waals surface area contributed by atoms with Crippen molar-refractivity contribution < 1.29 is 22.5 Å². The molecular weight excluding hydrogens is 420 g/mol. The first kappa shape index (κ1) is 19.2. The molecule has 29 heavy (non-hydrogen) atoms. The van der Waals surface area contributed by atoms with Crippen molar-refractivity contribution in [2.75, 3.05) is 7.11 Å². The van der Waals surface area contributed by atoms with Crippen molar-refractivity contribution in [3.05, 3.63) is 46.3 Å². The van der Waals surface area contributed by atoms with E-state index in [0.717, 1.165) is 11.3 Å². The summed E-state index contributed by atoms with van der Waals surface area (Å²) < 4.78 is 39.2. The Balaban J connectivity index is 1.63. The third kappa shape index (κ3) is 3.50. The van der Waals surface area contributed by atoms with Crippen LogP contribution in [0.1, 0.15) is 21.3 Å². The number of sulfonamides is 1. The second-order valence-corrected chi connectivity index (χ2v) is 8.46. The number of fused-ring (bicyclic) bond motifs is 1. The first-order valence-electron chi connectivity index (χ1n) is 8.19. The van der Waals surface area contributed by atoms with Gasteiger partial charge in [-0.05, 0) is 30.5 Å². The number of carbonyl (C=O) groups excluding carboxylic acids is 1. The number of nitrogens with one attached hydrogen (secondary N) is 1. The summed E-state index contributed by atoms with van der Waals surface area (Å²) in [5.41, 5.74) is 1.01. The Morgan fingerprint density at radius 1 is 1.34 bits per heavy atom. The fourth-order valence-corrected chi connectivity index (χ4v) is 4.96. The molecule has 0 aromatic carbocycles. The van der Waals surface area contributed by atoms with Gasteiger partial charge in [-0.2, -0.15) is 4.98 Å². The van der Waals surface area contributed by atoms with E-state index in [1.54, 1.807) is 29.7 Å². The number of methoxy groups -OCH3 is 1. The zero-order valence-electron chi connectivity index (χ0n) is 15.2. The lowest BCUT2D eigenvalue weighted by Gasteiger charge is -2.06. The van der Waals surface area contributed by atoms with Crippen molar-refractivity contribution in [2.45, 2.75) is 18.4 Å². The van der Waals surface area contributed by atoms with E-state index in [1.807, 2.05) is 0 Å². The maximum atomic E-state index is 12.7. The summed E-state index contributed by atoms with van der Waals surface area (Å²) in [6, 6.07) is 4.83. The second kappa shape index (κ2) is 7.35. The topological polar surface area (TPSA) is 142 Å². The summed E-state index contributed by atoms with van der Waals surface area (Å²) in [7, 11) is -2.78. The predicted octanol–water partition coefficient (Wildman–Crippen LogP) is 1.41. The molecule has 150 valence electrons. The van der Waals surface area contributed by atoms with Gasteiger partial charge in [0.2, 0.25) is 10.0 Å². The summed E-state index contributed by atoms with van der Waals surface area (Å²) in [6.07, 6.45) is 1.69. The van der Waals surface area contributed by atoms with Crippen LogP contribution in [-0.2, 0) is 21.3 Å². The van der Waals surface area contributed by atoms with Gasteiger partial charge in [-0.3, -0.25) is 4.40 Å². The molecular formula is C16H14N6O5S2. The van der Waals surface area contributed by atoms with Crippen molar-refractivity contribution in [1.29, 1.82) is 0 Å². The molecule has 0 atom stereocenters. The van der Waals surface area contributed by atoms with E-state index >= 15 is 0 Å². The van der Waals surface area contributed by atoms with Crippen molar-refractivity contribution in [3.8, 4) is 11.5 Å². The number of esters is 1. The van der Waals surface area contributed by atoms with Crippen LogP contribution in [0.15, 0.2) is 39.2 Å². The number of hydrogen-bond acceptors (Lipinski definition) is 10. The molecule has 0 saturated heterocycles. The van der Waals surface area contributed by atoms with Crippen molar-refractivity contribution in [3.63, 3.8) is 0 Å². The average molecular weight is 434 g/mol. The molecule has 0 bridgehead atoms. The molecule has 0 spiro atoms. The summed E-state index contributed by atoms with van der Waals surface area (Å²) in [5, 5.41) is 13.4. The van der Waals surface area contributed by atoms with E-state index in [-0.39, 0.29) is 22.2 Å². The number of pyridine rings is 1. The van der Waals surface area contributed by atoms with Crippen LogP contribution in [0.5, 0.6) is 0 Å². The van der Waals surface area contributed by atoms with Gasteiger partial charge in [0.25, 0.3) is 5.89 Å². The first-order chi connectivity index (χ1) is 13.9. The van der Waals surface area contributed by atoms with Crippen LogP contribution >= 0.6 is 11.3 Å². The van der Waals surface area contributed by atoms with E-state index in [4.69, 9.17) is 4.52 Å². The minimum absolute atomic E-state index is 0.000140. The molecule has 0 aliphatic heterocycles. The van der Waals surface area contributed by atoms with Gasteiger partial charge in [0.05, 0.1) is 19.2 Å². The fourth-order valence-electron chi connectivity index (χ4n) is 2.65. The Kier molecular flexibility index (Phi) is 4.86. The lowest BCUT2D eigenvalue weighted by Crippen LogP contribution is -2.25. The average Bonchev–Trinajstić information content (AvgIpc) is 3.45. The number of hydrogen-bond donors (Lipinski definition) is 1. The number of ether oxygens (including phenoxy) is 1. The molecule has 0 aliphatic carbocycles. The molecule has 4 aromatic heterocycles. The summed E-state index contributed by atoms with van der Waals surface area (Å²) in [5.74, 6) is 0.393. The zero-order chi connectivity index (χ0) is 20.6. The van der Waals surface area contributed by atoms with E-state index in [9.17, 15) is 13.2 Å². The van der Waals surface area contributed by atoms with Gasteiger partial charge in [0.1, 0.15) is 9.77 Å². The van der Waals surface area contributed by atoms with Crippen LogP contribution in [0.4, 0.5) is 0 Å². The normalized spacial score (nSPS) is 11.8. The largest absolute Gasteiger partial charge is 0.465 e. The quantitative estimate of drug-likeness (QED) is 0.446. The van der Waals surface area contributed by atoms with Crippen LogP contribution in [0.2, 0.25) is 0 Å². The second-order valence-electron chi connectivity index (χ2n) is 5.81. The Hall–Kier alpha value is -3.16. The highest BCUT2D eigenvalue weighted by Gasteiger charge is 2.25. The lowest BCUT2D eigenvalue weighted by molar-refractivity contribution is 0.0602. The molecule has 0 fully saturated rings. The Morgan fingerprint density at radius 2 is 2.17 bits per heavy atom. The molecule has 0 aliphatic rings. The molecule has 4 rings (SSSR count). The van der Waals surface area contributed by atoms with Gasteiger partial charge in [-0.1, -0.05) is 5.16 Å². The molecule has 0 unspecified atom stereocenters. The van der Waals surface area contributed by atoms with Crippen LogP contribution in [-0.4, -0.2) is 46.2 Å². The summed E-state index contributed by atoms with van der Waals surface area (Å²) in [6.45, 7) is 1.55. The molecule has 13 heteroatoms. The molecule has 1 N–H and O–H groups in total. The number of aryl methyl sites for hydroxylation is 1. The van der Waals surface area contributed by atoms with E-state index in [1.165, 1.54) is 18.6 Å². The summed E-state index contributed by atoms with van der Waals surface area (Å²) in [4.78, 5) is 15.8. The zero-order valence-corrected chi connectivity index (χ0v) is 16.8. The molecule has 11 nitrogen and oxygen atoms in total. The number of carbonyl (C=O) groups is 1. The van der Waals surface area contributed by atoms with Crippen molar-refractivity contribution in [1.82, 2.24) is 29.5 Å². The third-order valence-electron chi connectivity index (χ3n) is 3.97. The van der Waals surface area contributed by atoms with Gasteiger partial charge in [0, 0.05) is 6.20 Å². The van der Waals surface area contributed by atoms with Gasteiger partial charge < -0.3 is 9.26 Å². The van der Waals surface area contributed by atoms with Gasteiger partial charge in [-0.25, -0.2) is 17.9 Å². The van der Waals surface area contributed by atoms with Crippen molar-refractivity contribution in [2.24, 2.45) is 0 Å². The maximum absolute atomic E-state index is 12.7. The minimum Gasteiger partial charge on any atom is -0.465 e. The van der Waals surface area contributed by atoms with Gasteiger partial charge in [-0.15, -0.1) is 21.5 Å². The van der Waals surface area contributed by atoms with E-state index in [0.29, 0.717) is 22.9 Å². The smallest absolute Gasteiger partial charge is 0.349 e. The Morgan fingerprint density at radius 3 is 2.90 bits per heavy atom. The number of rotatable bonds is 6. The highest BCUT2D eigenvalue weighted by atomic mass is 32.2. The van der Waals surface area contributed by atoms with Crippen LogP contribution in [0, 0.1) is 6.92 Å². The van der Waals surface area contributed by atoms with Crippen LogP contribution in [0.3, 0.4) is 0 Å². The molecule has 4 aromatic rings. The van der Waals surface area contributed by atoms with Crippen LogP contribution < -0.4 is 4.72 Å². The van der Waals surface area contributed by atoms with Crippen LogP contribution in [0.25, 0.3) is 17.1 Å². The molecule has 4 heterocycles. The fraction of sp³-hybridized carbons (Fsp3) is 0.188. The van der Waals surface area contributed by atoms with Gasteiger partial charge in [0.15, 0.2) is 17.3 Å². The van der Waals surface area contributed by atoms with Crippen molar-refractivity contribution >= 4 is 33.0 Å². The number of nitrogens with zero attached hydrogens (tertiary/aromatic N) is 5. The maximum Gasteiger partial charge on any atom is 0.349 e. The van der Waals surface area contributed by atoms with E-state index in [2.05, 4.69) is 29.8 Å². The first-order valence-corrected chi connectivity index (χ1v) is 10.6. The Labute approximate surface area is 168 Å². The Bertz CT molecular complexity index is 1310. The molecule has 0 saturated carbocycles. The standard InChI is InChI=1S/C16H14N6O5S2/c1-9-18-15(27-21-9)10-4-3-6-22-12(19-20-14(10)22)8-17-29(24,25)11-5-7-28-13(11)16(23)26-2/h3-7,17H,8H2,1-2H3.